The molecular weight excluding hydrogens is 348 g/mol. The van der Waals surface area contributed by atoms with Gasteiger partial charge in [-0.1, -0.05) is 6.07 Å². The zero-order chi connectivity index (χ0) is 18.6. The maximum atomic E-state index is 12.5. The summed E-state index contributed by atoms with van der Waals surface area (Å²) in [6.07, 6.45) is 1.57. The van der Waals surface area contributed by atoms with E-state index in [2.05, 4.69) is 10.6 Å². The summed E-state index contributed by atoms with van der Waals surface area (Å²) >= 11 is 0. The number of piperidine rings is 1. The lowest BCUT2D eigenvalue weighted by Crippen LogP contribution is -2.49. The van der Waals surface area contributed by atoms with Crippen molar-refractivity contribution < 1.29 is 18.1 Å². The quantitative estimate of drug-likeness (QED) is 0.555. The van der Waals surface area contributed by atoms with Gasteiger partial charge in [-0.2, -0.15) is 4.31 Å². The molecule has 2 N–H and O–H groups in total. The van der Waals surface area contributed by atoms with E-state index < -0.39 is 20.9 Å². The number of carbonyl (C=O) groups excluding carboxylic acids is 1. The van der Waals surface area contributed by atoms with Crippen LogP contribution in [-0.2, 0) is 14.8 Å². The lowest BCUT2D eigenvalue weighted by molar-refractivity contribution is -0.385. The molecule has 2 atom stereocenters. The van der Waals surface area contributed by atoms with Gasteiger partial charge >= 0.3 is 0 Å². The summed E-state index contributed by atoms with van der Waals surface area (Å²) in [6.45, 7) is 2.48. The Kier molecular flexibility index (Phi) is 6.09. The number of hydrogen-bond donors (Lipinski definition) is 2. The van der Waals surface area contributed by atoms with E-state index in [-0.39, 0.29) is 23.2 Å². The topological polar surface area (TPSA) is 122 Å². The van der Waals surface area contributed by atoms with Crippen LogP contribution in [0.4, 0.5) is 5.69 Å². The number of amides is 1. The number of likely N-dealkylation sites (N-methyl/N-ethyl adjacent to an activating group) is 1. The van der Waals surface area contributed by atoms with E-state index in [1.54, 1.807) is 0 Å². The van der Waals surface area contributed by atoms with Gasteiger partial charge in [0.25, 0.3) is 5.69 Å². The van der Waals surface area contributed by atoms with Crippen molar-refractivity contribution in [1.29, 1.82) is 0 Å². The minimum atomic E-state index is -3.99. The number of nitro benzene ring substituents is 1. The highest BCUT2D eigenvalue weighted by Crippen LogP contribution is 2.20. The molecule has 138 valence electrons. The van der Waals surface area contributed by atoms with Gasteiger partial charge in [-0.05, 0) is 32.4 Å². The molecule has 1 amide bonds. The smallest absolute Gasteiger partial charge is 0.270 e. The van der Waals surface area contributed by atoms with Crippen LogP contribution in [0.15, 0.2) is 29.2 Å². The van der Waals surface area contributed by atoms with Crippen molar-refractivity contribution in [3.05, 3.63) is 34.4 Å². The van der Waals surface area contributed by atoms with E-state index in [4.69, 9.17) is 0 Å². The fourth-order valence-electron chi connectivity index (χ4n) is 2.76. The van der Waals surface area contributed by atoms with Crippen molar-refractivity contribution >= 4 is 21.6 Å². The second kappa shape index (κ2) is 7.89. The first-order valence-electron chi connectivity index (χ1n) is 7.93. The average molecular weight is 370 g/mol. The van der Waals surface area contributed by atoms with E-state index in [0.29, 0.717) is 6.04 Å². The van der Waals surface area contributed by atoms with Gasteiger partial charge in [-0.25, -0.2) is 8.42 Å². The molecule has 1 aromatic carbocycles. The van der Waals surface area contributed by atoms with Crippen LogP contribution in [0.3, 0.4) is 0 Å². The largest absolute Gasteiger partial charge is 0.352 e. The lowest BCUT2D eigenvalue weighted by Gasteiger charge is -2.29. The predicted octanol–water partition coefficient (Wildman–Crippen LogP) is 0.472. The molecule has 0 radical (unpaired) electrons. The van der Waals surface area contributed by atoms with Crippen LogP contribution in [0.25, 0.3) is 0 Å². The van der Waals surface area contributed by atoms with Crippen molar-refractivity contribution in [2.75, 3.05) is 20.1 Å². The number of nitrogens with one attached hydrogen (secondary N) is 2. The van der Waals surface area contributed by atoms with Gasteiger partial charge in [0.05, 0.1) is 16.4 Å². The number of hydrogen-bond acceptors (Lipinski definition) is 6. The molecular formula is C15H22N4O5S. The summed E-state index contributed by atoms with van der Waals surface area (Å²) in [5, 5.41) is 16.9. The molecule has 1 aromatic rings. The lowest BCUT2D eigenvalue weighted by atomic mass is 10.0. The van der Waals surface area contributed by atoms with E-state index in [1.165, 1.54) is 25.2 Å². The summed E-state index contributed by atoms with van der Waals surface area (Å²) in [5.41, 5.74) is -0.317. The molecule has 0 spiro atoms. The van der Waals surface area contributed by atoms with E-state index in [0.717, 1.165) is 29.8 Å². The van der Waals surface area contributed by atoms with Gasteiger partial charge in [-0.3, -0.25) is 14.9 Å². The van der Waals surface area contributed by atoms with Gasteiger partial charge in [-0.15, -0.1) is 0 Å². The first-order chi connectivity index (χ1) is 11.7. The van der Waals surface area contributed by atoms with Crippen molar-refractivity contribution in [3.8, 4) is 0 Å². The molecule has 9 nitrogen and oxygen atoms in total. The zero-order valence-electron chi connectivity index (χ0n) is 14.1. The molecule has 1 fully saturated rings. The third-order valence-corrected chi connectivity index (χ3v) is 5.89. The van der Waals surface area contributed by atoms with Crippen LogP contribution in [0, 0.1) is 10.1 Å². The molecule has 2 rings (SSSR count). The van der Waals surface area contributed by atoms with Gasteiger partial charge in [0.1, 0.15) is 0 Å². The number of sulfonamides is 1. The van der Waals surface area contributed by atoms with Crippen molar-refractivity contribution in [2.24, 2.45) is 0 Å². The van der Waals surface area contributed by atoms with Crippen LogP contribution in [0.5, 0.6) is 0 Å². The normalized spacial score (nSPS) is 21.1. The number of nitrogens with zero attached hydrogens (tertiary/aromatic N) is 2. The Morgan fingerprint density at radius 3 is 2.84 bits per heavy atom. The number of carbonyl (C=O) groups is 1. The Hall–Kier alpha value is -2.04. The Morgan fingerprint density at radius 2 is 2.20 bits per heavy atom. The summed E-state index contributed by atoms with van der Waals surface area (Å²) in [6, 6.07) is 5.08. The Morgan fingerprint density at radius 1 is 1.48 bits per heavy atom. The van der Waals surface area contributed by atoms with Crippen molar-refractivity contribution in [1.82, 2.24) is 14.9 Å². The zero-order valence-corrected chi connectivity index (χ0v) is 15.0. The van der Waals surface area contributed by atoms with Crippen molar-refractivity contribution in [3.63, 3.8) is 0 Å². The average Bonchev–Trinajstić information content (AvgIpc) is 2.54. The highest BCUT2D eigenvalue weighted by molar-refractivity contribution is 7.89. The number of nitro groups is 1. The second-order valence-electron chi connectivity index (χ2n) is 6.16. The van der Waals surface area contributed by atoms with E-state index >= 15 is 0 Å². The molecule has 1 aliphatic heterocycles. The van der Waals surface area contributed by atoms with Crippen molar-refractivity contribution in [2.45, 2.75) is 36.7 Å². The molecule has 0 aliphatic carbocycles. The SMILES string of the molecule is CC1CC(NC(=O)CN(C)S(=O)(=O)c2cccc([N+](=O)[O-])c2)CCN1. The fraction of sp³-hybridized carbons (Fsp3) is 0.533. The van der Waals surface area contributed by atoms with Crippen LogP contribution in [-0.4, -0.2) is 55.8 Å². The molecule has 2 unspecified atom stereocenters. The highest BCUT2D eigenvalue weighted by atomic mass is 32.2. The van der Waals surface area contributed by atoms with Gasteiger partial charge in [0.15, 0.2) is 0 Å². The van der Waals surface area contributed by atoms with Gasteiger partial charge in [0, 0.05) is 31.3 Å². The monoisotopic (exact) mass is 370 g/mol. The molecule has 1 heterocycles. The second-order valence-corrected chi connectivity index (χ2v) is 8.20. The van der Waals surface area contributed by atoms with Gasteiger partial charge < -0.3 is 10.6 Å². The van der Waals surface area contributed by atoms with Crippen LogP contribution in [0.1, 0.15) is 19.8 Å². The highest BCUT2D eigenvalue weighted by Gasteiger charge is 2.26. The maximum absolute atomic E-state index is 12.5. The van der Waals surface area contributed by atoms with Crippen LogP contribution < -0.4 is 10.6 Å². The Labute approximate surface area is 146 Å². The Bertz CT molecular complexity index is 752. The molecule has 1 saturated heterocycles. The molecule has 0 saturated carbocycles. The number of benzene rings is 1. The number of rotatable bonds is 6. The standard InChI is InChI=1S/C15H22N4O5S/c1-11-8-12(6-7-16-11)17-15(20)10-18(2)25(23,24)14-5-3-4-13(9-14)19(21)22/h3-5,9,11-12,16H,6-8,10H2,1-2H3,(H,17,20). The third kappa shape index (κ3) is 4.97. The Balaban J connectivity index is 2.03. The van der Waals surface area contributed by atoms with E-state index in [9.17, 15) is 23.3 Å². The summed E-state index contributed by atoms with van der Waals surface area (Å²) in [7, 11) is -2.71. The minimum absolute atomic E-state index is 0.0117. The van der Waals surface area contributed by atoms with Gasteiger partial charge in [0.2, 0.25) is 15.9 Å². The number of non-ortho nitro benzene ring substituents is 1. The first-order valence-corrected chi connectivity index (χ1v) is 9.37. The summed E-state index contributed by atoms with van der Waals surface area (Å²) in [4.78, 5) is 22.1. The molecule has 25 heavy (non-hydrogen) atoms. The molecule has 1 aliphatic rings. The fourth-order valence-corrected chi connectivity index (χ4v) is 3.93. The summed E-state index contributed by atoms with van der Waals surface area (Å²) < 4.78 is 25.9. The third-order valence-electron chi connectivity index (χ3n) is 4.09. The maximum Gasteiger partial charge on any atom is 0.270 e. The first kappa shape index (κ1) is 19.3. The van der Waals surface area contributed by atoms with Crippen LogP contribution in [0.2, 0.25) is 0 Å². The predicted molar refractivity (Wildman–Crippen MR) is 91.5 cm³/mol. The molecule has 10 heteroatoms. The molecule has 0 aromatic heterocycles. The van der Waals surface area contributed by atoms with Crippen LogP contribution >= 0.6 is 0 Å². The summed E-state index contributed by atoms with van der Waals surface area (Å²) in [5.74, 6) is -0.393. The van der Waals surface area contributed by atoms with E-state index in [1.807, 2.05) is 6.92 Å². The molecule has 0 bridgehead atoms. The minimum Gasteiger partial charge on any atom is -0.352 e.